The summed E-state index contributed by atoms with van der Waals surface area (Å²) in [6.45, 7) is 0.0902. The number of fused-ring (bicyclic) bond motifs is 1. The minimum absolute atomic E-state index is 0.0902. The monoisotopic (exact) mass is 627 g/mol. The third-order valence-electron chi connectivity index (χ3n) is 5.45. The minimum atomic E-state index is -0.315. The van der Waals surface area contributed by atoms with E-state index >= 15 is 0 Å². The largest absolute Gasteiger partial charge is 0.486 e. The first kappa shape index (κ1) is 24.2. The number of benzene rings is 4. The Morgan fingerprint density at radius 1 is 0.971 bits per heavy atom. The van der Waals surface area contributed by atoms with Gasteiger partial charge in [-0.25, -0.2) is 4.39 Å². The van der Waals surface area contributed by atoms with E-state index in [2.05, 4.69) is 31.9 Å². The Labute approximate surface area is 228 Å². The number of carbonyl (C=O) groups excluding carboxylic acids is 1. The first-order valence-corrected chi connectivity index (χ1v) is 13.3. The number of nitrogens with zero attached hydrogens (tertiary/aromatic N) is 1. The van der Waals surface area contributed by atoms with E-state index < -0.39 is 0 Å². The molecule has 1 saturated heterocycles. The van der Waals surface area contributed by atoms with Gasteiger partial charge in [0.2, 0.25) is 0 Å². The second-order valence-electron chi connectivity index (χ2n) is 7.71. The zero-order valence-electron chi connectivity index (χ0n) is 18.0. The third-order valence-corrected chi connectivity index (χ3v) is 7.93. The summed E-state index contributed by atoms with van der Waals surface area (Å²) in [6, 6.07) is 24.0. The van der Waals surface area contributed by atoms with E-state index in [1.807, 2.05) is 54.6 Å². The zero-order valence-corrected chi connectivity index (χ0v) is 22.8. The van der Waals surface area contributed by atoms with Gasteiger partial charge in [0, 0.05) is 10.9 Å². The van der Waals surface area contributed by atoms with E-state index in [1.165, 1.54) is 17.8 Å². The number of amides is 1. The van der Waals surface area contributed by atoms with Crippen molar-refractivity contribution in [3.8, 4) is 5.75 Å². The van der Waals surface area contributed by atoms with Gasteiger partial charge in [0.25, 0.3) is 5.91 Å². The molecule has 35 heavy (non-hydrogen) atoms. The molecule has 1 fully saturated rings. The number of rotatable bonds is 5. The molecule has 1 heterocycles. The summed E-state index contributed by atoms with van der Waals surface area (Å²) in [4.78, 5) is 15.5. The first-order valence-electron chi connectivity index (χ1n) is 10.5. The summed E-state index contributed by atoms with van der Waals surface area (Å²) < 4.78 is 21.6. The molecule has 0 bridgehead atoms. The van der Waals surface area contributed by atoms with E-state index in [0.29, 0.717) is 29.5 Å². The molecule has 8 heteroatoms. The van der Waals surface area contributed by atoms with Crippen LogP contribution in [-0.2, 0) is 11.4 Å². The lowest BCUT2D eigenvalue weighted by atomic mass is 10.1. The molecule has 3 nitrogen and oxygen atoms in total. The normalized spacial score (nSPS) is 14.8. The fraction of sp³-hybridized carbons (Fsp3) is 0.0370. The minimum Gasteiger partial charge on any atom is -0.486 e. The number of hydrogen-bond donors (Lipinski definition) is 0. The highest BCUT2D eigenvalue weighted by molar-refractivity contribution is 9.11. The average molecular weight is 629 g/mol. The van der Waals surface area contributed by atoms with Crippen LogP contribution in [0.4, 0.5) is 10.1 Å². The molecule has 0 aromatic heterocycles. The Bertz CT molecular complexity index is 1490. The second kappa shape index (κ2) is 10.2. The van der Waals surface area contributed by atoms with Crippen LogP contribution in [-0.4, -0.2) is 10.2 Å². The van der Waals surface area contributed by atoms with E-state index in [4.69, 9.17) is 17.0 Å². The molecule has 1 aliphatic heterocycles. The Morgan fingerprint density at radius 3 is 2.43 bits per heavy atom. The molecule has 0 unspecified atom stereocenters. The van der Waals surface area contributed by atoms with Crippen LogP contribution in [0.2, 0.25) is 0 Å². The Kier molecular flexibility index (Phi) is 7.07. The Hall–Kier alpha value is -2.52. The Morgan fingerprint density at radius 2 is 1.66 bits per heavy atom. The third kappa shape index (κ3) is 4.93. The van der Waals surface area contributed by atoms with Gasteiger partial charge >= 0.3 is 0 Å². The molecule has 5 rings (SSSR count). The van der Waals surface area contributed by atoms with Crippen molar-refractivity contribution in [2.45, 2.75) is 6.61 Å². The van der Waals surface area contributed by atoms with Crippen LogP contribution < -0.4 is 9.64 Å². The quantitative estimate of drug-likeness (QED) is 0.164. The summed E-state index contributed by atoms with van der Waals surface area (Å²) in [6.07, 6.45) is 1.81. The first-order chi connectivity index (χ1) is 16.9. The summed E-state index contributed by atoms with van der Waals surface area (Å²) in [5.41, 5.74) is 2.03. The van der Waals surface area contributed by atoms with Crippen molar-refractivity contribution in [2.75, 3.05) is 4.90 Å². The SMILES string of the molecule is O=C1/C(=C\c2cc(Br)c(OCc3ccccc3F)c(Br)c2)SC(=S)N1c1cccc2ccccc12. The number of thioether (sulfide) groups is 1. The van der Waals surface area contributed by atoms with Gasteiger partial charge in [-0.15, -0.1) is 0 Å². The lowest BCUT2D eigenvalue weighted by Gasteiger charge is -2.17. The van der Waals surface area contributed by atoms with Crippen molar-refractivity contribution in [3.05, 3.63) is 110 Å². The van der Waals surface area contributed by atoms with Crippen LogP contribution in [0, 0.1) is 5.82 Å². The second-order valence-corrected chi connectivity index (χ2v) is 11.1. The zero-order chi connectivity index (χ0) is 24.5. The molecule has 0 atom stereocenters. The van der Waals surface area contributed by atoms with Crippen LogP contribution in [0.25, 0.3) is 16.8 Å². The van der Waals surface area contributed by atoms with Gasteiger partial charge in [0.1, 0.15) is 18.2 Å². The number of anilines is 1. The molecule has 4 aromatic rings. The van der Waals surface area contributed by atoms with Gasteiger partial charge in [-0.05, 0) is 73.2 Å². The number of thiocarbonyl (C=S) groups is 1. The average Bonchev–Trinajstić information content (AvgIpc) is 3.11. The van der Waals surface area contributed by atoms with Crippen molar-refractivity contribution >= 4 is 88.6 Å². The van der Waals surface area contributed by atoms with Crippen molar-refractivity contribution in [3.63, 3.8) is 0 Å². The number of ether oxygens (including phenoxy) is 1. The molecular weight excluding hydrogens is 613 g/mol. The molecule has 174 valence electrons. The summed E-state index contributed by atoms with van der Waals surface area (Å²) in [5, 5.41) is 2.01. The van der Waals surface area contributed by atoms with E-state index in [0.717, 1.165) is 22.0 Å². The predicted molar refractivity (Wildman–Crippen MR) is 152 cm³/mol. The van der Waals surface area contributed by atoms with Crippen LogP contribution in [0.3, 0.4) is 0 Å². The standard InChI is InChI=1S/C27H16Br2FNO2S2/c28-20-12-16(13-21(29)25(20)33-15-18-7-2-4-10-22(18)30)14-24-26(32)31(27(34)35-24)23-11-5-8-17-6-1-3-9-19(17)23/h1-14H,15H2/b24-14+. The molecule has 0 aliphatic carbocycles. The number of carbonyl (C=O) groups is 1. The fourth-order valence-electron chi connectivity index (χ4n) is 3.80. The fourth-order valence-corrected chi connectivity index (χ4v) is 6.53. The lowest BCUT2D eigenvalue weighted by Crippen LogP contribution is -2.27. The predicted octanol–water partition coefficient (Wildman–Crippen LogP) is 8.49. The van der Waals surface area contributed by atoms with Gasteiger partial charge in [-0.1, -0.05) is 78.6 Å². The van der Waals surface area contributed by atoms with Crippen LogP contribution in [0.15, 0.2) is 92.7 Å². The van der Waals surface area contributed by atoms with Crippen molar-refractivity contribution in [2.24, 2.45) is 0 Å². The maximum Gasteiger partial charge on any atom is 0.270 e. The highest BCUT2D eigenvalue weighted by atomic mass is 79.9. The molecule has 1 amide bonds. The molecule has 1 aliphatic rings. The van der Waals surface area contributed by atoms with Gasteiger partial charge < -0.3 is 4.74 Å². The smallest absolute Gasteiger partial charge is 0.270 e. The molecule has 0 spiro atoms. The molecule has 0 radical (unpaired) electrons. The maximum absolute atomic E-state index is 13.9. The highest BCUT2D eigenvalue weighted by Gasteiger charge is 2.34. The van der Waals surface area contributed by atoms with Gasteiger partial charge in [-0.3, -0.25) is 9.69 Å². The molecule has 0 N–H and O–H groups in total. The van der Waals surface area contributed by atoms with Gasteiger partial charge in [0.05, 0.1) is 19.5 Å². The van der Waals surface area contributed by atoms with E-state index in [1.54, 1.807) is 29.2 Å². The lowest BCUT2D eigenvalue weighted by molar-refractivity contribution is -0.113. The highest BCUT2D eigenvalue weighted by Crippen LogP contribution is 2.41. The Balaban J connectivity index is 1.41. The van der Waals surface area contributed by atoms with Crippen LogP contribution in [0.5, 0.6) is 5.75 Å². The van der Waals surface area contributed by atoms with Crippen molar-refractivity contribution in [1.29, 1.82) is 0 Å². The summed E-state index contributed by atoms with van der Waals surface area (Å²) in [7, 11) is 0. The van der Waals surface area contributed by atoms with Crippen LogP contribution in [0.1, 0.15) is 11.1 Å². The van der Waals surface area contributed by atoms with E-state index in [-0.39, 0.29) is 18.3 Å². The molecule has 0 saturated carbocycles. The number of halogens is 3. The summed E-state index contributed by atoms with van der Waals surface area (Å²) in [5.74, 6) is 0.0711. The van der Waals surface area contributed by atoms with E-state index in [9.17, 15) is 9.18 Å². The van der Waals surface area contributed by atoms with Gasteiger partial charge in [-0.2, -0.15) is 0 Å². The van der Waals surface area contributed by atoms with Crippen molar-refractivity contribution < 1.29 is 13.9 Å². The maximum atomic E-state index is 13.9. The van der Waals surface area contributed by atoms with Crippen LogP contribution >= 0.6 is 55.8 Å². The number of hydrogen-bond acceptors (Lipinski definition) is 4. The van der Waals surface area contributed by atoms with Gasteiger partial charge in [0.15, 0.2) is 4.32 Å². The topological polar surface area (TPSA) is 29.5 Å². The molecular formula is C27H16Br2FNO2S2. The molecule has 4 aromatic carbocycles. The van der Waals surface area contributed by atoms with Crippen molar-refractivity contribution in [1.82, 2.24) is 0 Å². The summed E-state index contributed by atoms with van der Waals surface area (Å²) >= 11 is 13.9.